The summed E-state index contributed by atoms with van der Waals surface area (Å²) in [7, 11) is 0. The first kappa shape index (κ1) is 15.8. The fourth-order valence-electron chi connectivity index (χ4n) is 2.85. The van der Waals surface area contributed by atoms with E-state index < -0.39 is 5.97 Å². The van der Waals surface area contributed by atoms with Gasteiger partial charge in [-0.25, -0.2) is 4.79 Å². The molecule has 1 N–H and O–H groups in total. The standard InChI is InChI=1S/C17H25NO3/c1-13(2)14-8-10-18(12-14)9-5-11-21-16-7-4-3-6-15(16)17(19)20/h3-4,6-7,13-14H,5,8-12H2,1-2H3,(H,19,20). The number of carboxylic acids is 1. The highest BCUT2D eigenvalue weighted by atomic mass is 16.5. The lowest BCUT2D eigenvalue weighted by molar-refractivity contribution is 0.0692. The maximum absolute atomic E-state index is 11.1. The van der Waals surface area contributed by atoms with Crippen LogP contribution in [0, 0.1) is 11.8 Å². The summed E-state index contributed by atoms with van der Waals surface area (Å²) in [4.78, 5) is 13.6. The normalized spacial score (nSPS) is 19.1. The first-order chi connectivity index (χ1) is 10.1. The molecule has 0 bridgehead atoms. The fraction of sp³-hybridized carbons (Fsp3) is 0.588. The molecule has 0 saturated carbocycles. The minimum Gasteiger partial charge on any atom is -0.493 e. The van der Waals surface area contributed by atoms with Gasteiger partial charge in [-0.1, -0.05) is 26.0 Å². The Hall–Kier alpha value is -1.55. The summed E-state index contributed by atoms with van der Waals surface area (Å²) in [5, 5.41) is 9.09. The molecule has 1 heterocycles. The average molecular weight is 291 g/mol. The Morgan fingerprint density at radius 2 is 2.19 bits per heavy atom. The highest BCUT2D eigenvalue weighted by Crippen LogP contribution is 2.23. The van der Waals surface area contributed by atoms with E-state index in [1.807, 2.05) is 0 Å². The number of rotatable bonds is 7. The first-order valence-corrected chi connectivity index (χ1v) is 7.75. The molecule has 1 saturated heterocycles. The summed E-state index contributed by atoms with van der Waals surface area (Å²) in [5.41, 5.74) is 0.235. The van der Waals surface area contributed by atoms with Crippen molar-refractivity contribution >= 4 is 5.97 Å². The number of aromatic carboxylic acids is 1. The molecular formula is C17H25NO3. The highest BCUT2D eigenvalue weighted by molar-refractivity contribution is 5.90. The van der Waals surface area contributed by atoms with Gasteiger partial charge < -0.3 is 14.7 Å². The molecule has 0 amide bonds. The first-order valence-electron chi connectivity index (χ1n) is 7.75. The van der Waals surface area contributed by atoms with Crippen molar-refractivity contribution in [1.82, 2.24) is 4.90 Å². The van der Waals surface area contributed by atoms with E-state index in [0.29, 0.717) is 12.4 Å². The van der Waals surface area contributed by atoms with Crippen LogP contribution in [0.4, 0.5) is 0 Å². The second-order valence-corrected chi connectivity index (χ2v) is 6.10. The Kier molecular flexibility index (Phi) is 5.62. The molecule has 1 fully saturated rings. The van der Waals surface area contributed by atoms with Crippen molar-refractivity contribution < 1.29 is 14.6 Å². The summed E-state index contributed by atoms with van der Waals surface area (Å²) in [5.74, 6) is 1.10. The van der Waals surface area contributed by atoms with Crippen LogP contribution in [0.15, 0.2) is 24.3 Å². The molecular weight excluding hydrogens is 266 g/mol. The van der Waals surface area contributed by atoms with Crippen molar-refractivity contribution in [1.29, 1.82) is 0 Å². The van der Waals surface area contributed by atoms with Crippen LogP contribution in [0.2, 0.25) is 0 Å². The van der Waals surface area contributed by atoms with Crippen LogP contribution in [0.25, 0.3) is 0 Å². The fourth-order valence-corrected chi connectivity index (χ4v) is 2.85. The Morgan fingerprint density at radius 1 is 1.43 bits per heavy atom. The molecule has 1 aliphatic rings. The zero-order chi connectivity index (χ0) is 15.2. The van der Waals surface area contributed by atoms with Crippen LogP contribution < -0.4 is 4.74 Å². The molecule has 0 aromatic heterocycles. The number of nitrogens with zero attached hydrogens (tertiary/aromatic N) is 1. The molecule has 116 valence electrons. The average Bonchev–Trinajstić information content (AvgIpc) is 2.93. The van der Waals surface area contributed by atoms with Gasteiger partial charge in [0.1, 0.15) is 11.3 Å². The van der Waals surface area contributed by atoms with Crippen molar-refractivity contribution in [3.05, 3.63) is 29.8 Å². The quantitative estimate of drug-likeness (QED) is 0.784. The van der Waals surface area contributed by atoms with Crippen LogP contribution in [0.3, 0.4) is 0 Å². The predicted molar refractivity (Wildman–Crippen MR) is 82.9 cm³/mol. The third-order valence-corrected chi connectivity index (χ3v) is 4.25. The van der Waals surface area contributed by atoms with Crippen LogP contribution >= 0.6 is 0 Å². The lowest BCUT2D eigenvalue weighted by Crippen LogP contribution is -2.24. The van der Waals surface area contributed by atoms with Crippen LogP contribution in [0.5, 0.6) is 5.75 Å². The minimum atomic E-state index is -0.940. The van der Waals surface area contributed by atoms with Gasteiger partial charge in [0.25, 0.3) is 0 Å². The number of carboxylic acid groups (broad SMARTS) is 1. The predicted octanol–water partition coefficient (Wildman–Crippen LogP) is 3.13. The molecule has 1 aromatic rings. The summed E-state index contributed by atoms with van der Waals surface area (Å²) < 4.78 is 5.63. The van der Waals surface area contributed by atoms with Gasteiger partial charge in [0.15, 0.2) is 0 Å². The van der Waals surface area contributed by atoms with E-state index in [0.717, 1.165) is 24.8 Å². The smallest absolute Gasteiger partial charge is 0.339 e. The van der Waals surface area contributed by atoms with Gasteiger partial charge in [-0.2, -0.15) is 0 Å². The topological polar surface area (TPSA) is 49.8 Å². The number of ether oxygens (including phenoxy) is 1. The van der Waals surface area contributed by atoms with Crippen molar-refractivity contribution in [2.75, 3.05) is 26.2 Å². The molecule has 4 nitrogen and oxygen atoms in total. The lowest BCUT2D eigenvalue weighted by atomic mass is 9.95. The highest BCUT2D eigenvalue weighted by Gasteiger charge is 2.24. The minimum absolute atomic E-state index is 0.235. The molecule has 2 rings (SSSR count). The van der Waals surface area contributed by atoms with Crippen molar-refractivity contribution in [3.8, 4) is 5.75 Å². The maximum Gasteiger partial charge on any atom is 0.339 e. The summed E-state index contributed by atoms with van der Waals surface area (Å²) in [6, 6.07) is 6.81. The van der Waals surface area contributed by atoms with Crippen LogP contribution in [-0.2, 0) is 0 Å². The Bertz CT molecular complexity index is 473. The second kappa shape index (κ2) is 7.46. The number of hydrogen-bond acceptors (Lipinski definition) is 3. The molecule has 1 atom stereocenters. The summed E-state index contributed by atoms with van der Waals surface area (Å²) in [6.07, 6.45) is 2.22. The van der Waals surface area contributed by atoms with E-state index in [1.165, 1.54) is 19.5 Å². The van der Waals surface area contributed by atoms with E-state index >= 15 is 0 Å². The SMILES string of the molecule is CC(C)C1CCN(CCCOc2ccccc2C(=O)O)C1. The van der Waals surface area contributed by atoms with Gasteiger partial charge in [0.05, 0.1) is 6.61 Å². The number of hydrogen-bond donors (Lipinski definition) is 1. The van der Waals surface area contributed by atoms with Gasteiger partial charge in [0, 0.05) is 13.1 Å². The largest absolute Gasteiger partial charge is 0.493 e. The van der Waals surface area contributed by atoms with Gasteiger partial charge in [-0.05, 0) is 43.4 Å². The monoisotopic (exact) mass is 291 g/mol. The summed E-state index contributed by atoms with van der Waals surface area (Å²) in [6.45, 7) is 8.53. The molecule has 0 spiro atoms. The third kappa shape index (κ3) is 4.46. The zero-order valence-electron chi connectivity index (χ0n) is 12.9. The number of likely N-dealkylation sites (tertiary alicyclic amines) is 1. The third-order valence-electron chi connectivity index (χ3n) is 4.25. The van der Waals surface area contributed by atoms with Gasteiger partial charge >= 0.3 is 5.97 Å². The second-order valence-electron chi connectivity index (χ2n) is 6.10. The van der Waals surface area contributed by atoms with Crippen molar-refractivity contribution in [2.24, 2.45) is 11.8 Å². The van der Waals surface area contributed by atoms with E-state index in [4.69, 9.17) is 9.84 Å². The summed E-state index contributed by atoms with van der Waals surface area (Å²) >= 11 is 0. The molecule has 0 radical (unpaired) electrons. The number of benzene rings is 1. The molecule has 1 aliphatic heterocycles. The van der Waals surface area contributed by atoms with Crippen molar-refractivity contribution in [2.45, 2.75) is 26.7 Å². The Labute approximate surface area is 126 Å². The maximum atomic E-state index is 11.1. The molecule has 21 heavy (non-hydrogen) atoms. The van der Waals surface area contributed by atoms with E-state index in [-0.39, 0.29) is 5.56 Å². The molecule has 1 aromatic carbocycles. The Morgan fingerprint density at radius 3 is 2.86 bits per heavy atom. The van der Waals surface area contributed by atoms with Gasteiger partial charge in [0.2, 0.25) is 0 Å². The molecule has 4 heteroatoms. The van der Waals surface area contributed by atoms with Gasteiger partial charge in [-0.3, -0.25) is 0 Å². The number of carbonyl (C=O) groups is 1. The lowest BCUT2D eigenvalue weighted by Gasteiger charge is -2.18. The molecule has 0 aliphatic carbocycles. The van der Waals surface area contributed by atoms with Crippen LogP contribution in [-0.4, -0.2) is 42.2 Å². The Balaban J connectivity index is 1.72. The van der Waals surface area contributed by atoms with Gasteiger partial charge in [-0.15, -0.1) is 0 Å². The zero-order valence-corrected chi connectivity index (χ0v) is 12.9. The number of para-hydroxylation sites is 1. The van der Waals surface area contributed by atoms with E-state index in [1.54, 1.807) is 24.3 Å². The van der Waals surface area contributed by atoms with E-state index in [2.05, 4.69) is 18.7 Å². The van der Waals surface area contributed by atoms with E-state index in [9.17, 15) is 4.79 Å². The van der Waals surface area contributed by atoms with Crippen LogP contribution in [0.1, 0.15) is 37.0 Å². The molecule has 1 unspecified atom stereocenters. The van der Waals surface area contributed by atoms with Crippen molar-refractivity contribution in [3.63, 3.8) is 0 Å².